The van der Waals surface area contributed by atoms with E-state index in [1.807, 2.05) is 43.6 Å². The van der Waals surface area contributed by atoms with Gasteiger partial charge in [0.1, 0.15) is 17.7 Å². The van der Waals surface area contributed by atoms with Crippen LogP contribution in [0.4, 0.5) is 5.82 Å². The first-order chi connectivity index (χ1) is 15.6. The van der Waals surface area contributed by atoms with Crippen molar-refractivity contribution in [1.82, 2.24) is 30.2 Å². The smallest absolute Gasteiger partial charge is 0.253 e. The predicted molar refractivity (Wildman–Crippen MR) is 128 cm³/mol. The van der Waals surface area contributed by atoms with Crippen LogP contribution in [0.3, 0.4) is 0 Å². The molecular weight excluding hydrogens is 422 g/mol. The first-order valence-electron chi connectivity index (χ1n) is 10.1. The Morgan fingerprint density at radius 2 is 1.84 bits per heavy atom. The maximum absolute atomic E-state index is 12.2. The number of nitrogens with one attached hydrogen (secondary N) is 2. The van der Waals surface area contributed by atoms with E-state index in [-0.39, 0.29) is 11.2 Å². The van der Waals surface area contributed by atoms with Gasteiger partial charge in [0.15, 0.2) is 0 Å². The van der Waals surface area contributed by atoms with Gasteiger partial charge in [-0.05, 0) is 43.0 Å². The molecular formula is C23H23N7OS. The molecule has 0 saturated heterocycles. The van der Waals surface area contributed by atoms with Gasteiger partial charge in [-0.25, -0.2) is 9.97 Å². The van der Waals surface area contributed by atoms with Crippen LogP contribution in [-0.2, 0) is 0 Å². The Bertz CT molecular complexity index is 1250. The van der Waals surface area contributed by atoms with Gasteiger partial charge in [-0.2, -0.15) is 11.8 Å². The fourth-order valence-electron chi connectivity index (χ4n) is 3.39. The topological polar surface area (TPSA) is 106 Å². The highest BCUT2D eigenvalue weighted by molar-refractivity contribution is 7.98. The van der Waals surface area contributed by atoms with Gasteiger partial charge in [-0.1, -0.05) is 0 Å². The zero-order valence-electron chi connectivity index (χ0n) is 18.0. The standard InChI is InChI=1S/C23H23N7OS/c1-14-4-5-15(11-27-14)18-10-20(30-13-29-18)28-12-19(32-3)16-6-8-26-22-17(23(31)24-2)7-9-25-21(16)22/h4-11,13,19H,12H2,1-3H3,(H,24,31)(H,28,29,30). The molecule has 0 fully saturated rings. The molecule has 9 heteroatoms. The summed E-state index contributed by atoms with van der Waals surface area (Å²) in [6.07, 6.45) is 8.78. The van der Waals surface area contributed by atoms with Gasteiger partial charge in [-0.15, -0.1) is 0 Å². The third-order valence-corrected chi connectivity index (χ3v) is 6.09. The zero-order chi connectivity index (χ0) is 22.5. The van der Waals surface area contributed by atoms with Crippen LogP contribution in [-0.4, -0.2) is 50.7 Å². The molecule has 0 radical (unpaired) electrons. The molecule has 0 saturated carbocycles. The van der Waals surface area contributed by atoms with Crippen LogP contribution in [0.1, 0.15) is 26.9 Å². The maximum Gasteiger partial charge on any atom is 0.253 e. The lowest BCUT2D eigenvalue weighted by Crippen LogP contribution is -2.19. The molecule has 0 spiro atoms. The van der Waals surface area contributed by atoms with Crippen molar-refractivity contribution in [1.29, 1.82) is 0 Å². The van der Waals surface area contributed by atoms with E-state index in [1.165, 1.54) is 0 Å². The average molecular weight is 446 g/mol. The van der Waals surface area contributed by atoms with E-state index < -0.39 is 0 Å². The Balaban J connectivity index is 1.58. The third kappa shape index (κ3) is 4.52. The van der Waals surface area contributed by atoms with Gasteiger partial charge in [0.05, 0.1) is 16.8 Å². The molecule has 0 aliphatic carbocycles. The molecule has 4 heterocycles. The number of hydrogen-bond acceptors (Lipinski definition) is 8. The molecule has 0 aromatic carbocycles. The Morgan fingerprint density at radius 1 is 1.03 bits per heavy atom. The Kier molecular flexibility index (Phi) is 6.55. The summed E-state index contributed by atoms with van der Waals surface area (Å²) in [5.41, 5.74) is 5.55. The number of aromatic nitrogens is 5. The summed E-state index contributed by atoms with van der Waals surface area (Å²) in [6, 6.07) is 9.51. The van der Waals surface area contributed by atoms with Crippen LogP contribution < -0.4 is 10.6 Å². The number of carbonyl (C=O) groups is 1. The van der Waals surface area contributed by atoms with Crippen LogP contribution in [0.15, 0.2) is 55.2 Å². The normalized spacial score (nSPS) is 11.8. The monoisotopic (exact) mass is 445 g/mol. The first-order valence-corrected chi connectivity index (χ1v) is 11.4. The maximum atomic E-state index is 12.2. The number of nitrogens with zero attached hydrogens (tertiary/aromatic N) is 5. The summed E-state index contributed by atoms with van der Waals surface area (Å²) in [5, 5.41) is 6.15. The number of aryl methyl sites for hydroxylation is 1. The fraction of sp³-hybridized carbons (Fsp3) is 0.217. The first kappa shape index (κ1) is 21.6. The Hall–Kier alpha value is -3.59. The van der Waals surface area contributed by atoms with E-state index in [4.69, 9.17) is 0 Å². The second kappa shape index (κ2) is 9.69. The van der Waals surface area contributed by atoms with Gasteiger partial charge in [0.2, 0.25) is 0 Å². The van der Waals surface area contributed by atoms with Gasteiger partial charge >= 0.3 is 0 Å². The highest BCUT2D eigenvalue weighted by atomic mass is 32.2. The Morgan fingerprint density at radius 3 is 2.59 bits per heavy atom. The van der Waals surface area contributed by atoms with Gasteiger partial charge in [0, 0.05) is 54.8 Å². The Labute approximate surface area is 190 Å². The molecule has 0 aliphatic rings. The van der Waals surface area contributed by atoms with Crippen LogP contribution >= 0.6 is 11.8 Å². The number of anilines is 1. The van der Waals surface area contributed by atoms with Crippen molar-refractivity contribution in [3.8, 4) is 11.3 Å². The number of carbonyl (C=O) groups excluding carboxylic acids is 1. The number of rotatable bonds is 7. The van der Waals surface area contributed by atoms with Crippen LogP contribution in [0, 0.1) is 6.92 Å². The fourth-order valence-corrected chi connectivity index (χ4v) is 4.09. The van der Waals surface area contributed by atoms with Crippen LogP contribution in [0.5, 0.6) is 0 Å². The highest BCUT2D eigenvalue weighted by Gasteiger charge is 2.18. The summed E-state index contributed by atoms with van der Waals surface area (Å²) >= 11 is 1.70. The molecule has 32 heavy (non-hydrogen) atoms. The number of hydrogen-bond donors (Lipinski definition) is 2. The lowest BCUT2D eigenvalue weighted by molar-refractivity contribution is 0.0964. The van der Waals surface area contributed by atoms with Gasteiger partial charge in [-0.3, -0.25) is 19.7 Å². The summed E-state index contributed by atoms with van der Waals surface area (Å²) < 4.78 is 0. The largest absolute Gasteiger partial charge is 0.368 e. The summed E-state index contributed by atoms with van der Waals surface area (Å²) in [5.74, 6) is 0.548. The minimum absolute atomic E-state index is 0.0763. The van der Waals surface area contributed by atoms with Crippen molar-refractivity contribution < 1.29 is 4.79 Å². The minimum Gasteiger partial charge on any atom is -0.368 e. The van der Waals surface area contributed by atoms with E-state index in [0.717, 1.165) is 33.8 Å². The summed E-state index contributed by atoms with van der Waals surface area (Å²) in [6.45, 7) is 2.57. The molecule has 0 bridgehead atoms. The third-order valence-electron chi connectivity index (χ3n) is 5.10. The molecule has 4 aromatic rings. The van der Waals surface area contributed by atoms with Crippen molar-refractivity contribution in [2.24, 2.45) is 0 Å². The van der Waals surface area contributed by atoms with Gasteiger partial charge < -0.3 is 10.6 Å². The van der Waals surface area contributed by atoms with Crippen molar-refractivity contribution in [3.05, 3.63) is 72.1 Å². The molecule has 0 aliphatic heterocycles. The van der Waals surface area contributed by atoms with Crippen molar-refractivity contribution in [2.75, 3.05) is 25.2 Å². The molecule has 8 nitrogen and oxygen atoms in total. The van der Waals surface area contributed by atoms with E-state index in [9.17, 15) is 4.79 Å². The SMILES string of the molecule is CNC(=O)c1ccnc2c(C(CNc3cc(-c4ccc(C)nc4)ncn3)SC)ccnc12. The second-order valence-corrected chi connectivity index (χ2v) is 8.16. The second-order valence-electron chi connectivity index (χ2n) is 7.12. The van der Waals surface area contributed by atoms with E-state index in [0.29, 0.717) is 17.6 Å². The van der Waals surface area contributed by atoms with Gasteiger partial charge in [0.25, 0.3) is 5.91 Å². The number of fused-ring (bicyclic) bond motifs is 1. The van der Waals surface area contributed by atoms with Crippen LogP contribution in [0.2, 0.25) is 0 Å². The molecule has 1 unspecified atom stereocenters. The predicted octanol–water partition coefficient (Wildman–Crippen LogP) is 3.67. The molecule has 1 atom stereocenters. The average Bonchev–Trinajstić information content (AvgIpc) is 2.84. The lowest BCUT2D eigenvalue weighted by Gasteiger charge is -2.18. The van der Waals surface area contributed by atoms with Crippen molar-refractivity contribution >= 4 is 34.5 Å². The van der Waals surface area contributed by atoms with Crippen LogP contribution in [0.25, 0.3) is 22.3 Å². The summed E-state index contributed by atoms with van der Waals surface area (Å²) in [4.78, 5) is 34.3. The van der Waals surface area contributed by atoms with E-state index >= 15 is 0 Å². The number of pyridine rings is 3. The van der Waals surface area contributed by atoms with Crippen molar-refractivity contribution in [2.45, 2.75) is 12.2 Å². The summed E-state index contributed by atoms with van der Waals surface area (Å²) in [7, 11) is 1.61. The molecule has 2 N–H and O–H groups in total. The molecule has 1 amide bonds. The quantitative estimate of drug-likeness (QED) is 0.444. The molecule has 162 valence electrons. The lowest BCUT2D eigenvalue weighted by atomic mass is 10.1. The van der Waals surface area contributed by atoms with E-state index in [2.05, 4.69) is 35.6 Å². The molecule has 4 rings (SSSR count). The zero-order valence-corrected chi connectivity index (χ0v) is 18.8. The highest BCUT2D eigenvalue weighted by Crippen LogP contribution is 2.32. The van der Waals surface area contributed by atoms with E-state index in [1.54, 1.807) is 43.6 Å². The number of thioether (sulfide) groups is 1. The number of amides is 1. The van der Waals surface area contributed by atoms with Crippen molar-refractivity contribution in [3.63, 3.8) is 0 Å². The molecule has 4 aromatic heterocycles. The minimum atomic E-state index is -0.181.